The van der Waals surface area contributed by atoms with Gasteiger partial charge in [0.2, 0.25) is 0 Å². The van der Waals surface area contributed by atoms with Crippen LogP contribution in [0.25, 0.3) is 21.6 Å². The number of hydrogen-bond acceptors (Lipinski definition) is 6. The Labute approximate surface area is 197 Å². The Morgan fingerprint density at radius 2 is 1.97 bits per heavy atom. The number of thiophene rings is 1. The normalized spacial score (nSPS) is 15.3. The monoisotopic (exact) mass is 469 g/mol. The molecular weight excluding hydrogens is 438 g/mol. The first kappa shape index (κ1) is 23.2. The molecule has 9 heteroatoms. The topological polar surface area (TPSA) is 89.4 Å². The van der Waals surface area contributed by atoms with Gasteiger partial charge in [0.25, 0.3) is 5.91 Å². The van der Waals surface area contributed by atoms with Gasteiger partial charge in [-0.1, -0.05) is 6.07 Å². The summed E-state index contributed by atoms with van der Waals surface area (Å²) in [5, 5.41) is 10.4. The lowest BCUT2D eigenvalue weighted by Crippen LogP contribution is -2.47. The van der Waals surface area contributed by atoms with E-state index in [1.807, 2.05) is 62.9 Å². The lowest BCUT2D eigenvalue weighted by atomic mass is 10.0. The number of hydrogen-bond donors (Lipinski definition) is 1. The fourth-order valence-electron chi connectivity index (χ4n) is 3.93. The van der Waals surface area contributed by atoms with E-state index in [-0.39, 0.29) is 24.1 Å². The fourth-order valence-corrected chi connectivity index (χ4v) is 4.62. The Morgan fingerprint density at radius 3 is 2.58 bits per heavy atom. The van der Waals surface area contributed by atoms with E-state index in [0.717, 1.165) is 16.0 Å². The van der Waals surface area contributed by atoms with Crippen molar-refractivity contribution in [2.24, 2.45) is 0 Å². The molecule has 176 valence electrons. The number of nitrogens with one attached hydrogen (secondary N) is 1. The number of pyridine rings is 1. The molecule has 0 saturated carbocycles. The second-order valence-corrected chi connectivity index (χ2v) is 10.6. The zero-order valence-corrected chi connectivity index (χ0v) is 20.6. The molecule has 1 aliphatic rings. The van der Waals surface area contributed by atoms with Crippen LogP contribution in [0.4, 0.5) is 4.79 Å². The van der Waals surface area contributed by atoms with E-state index in [4.69, 9.17) is 9.72 Å². The number of piperidine rings is 1. The Hall–Kier alpha value is -2.94. The Kier molecular flexibility index (Phi) is 6.43. The van der Waals surface area contributed by atoms with Gasteiger partial charge in [0.15, 0.2) is 5.65 Å². The molecule has 33 heavy (non-hydrogen) atoms. The van der Waals surface area contributed by atoms with Gasteiger partial charge in [-0.15, -0.1) is 11.3 Å². The second-order valence-electron chi connectivity index (χ2n) is 9.67. The highest BCUT2D eigenvalue weighted by molar-refractivity contribution is 7.13. The summed E-state index contributed by atoms with van der Waals surface area (Å²) in [5.41, 5.74) is 1.53. The van der Waals surface area contributed by atoms with Gasteiger partial charge in [-0.3, -0.25) is 4.79 Å². The predicted molar refractivity (Wildman–Crippen MR) is 130 cm³/mol. The molecule has 0 aliphatic carbocycles. The van der Waals surface area contributed by atoms with Gasteiger partial charge in [-0.2, -0.15) is 5.10 Å². The molecule has 1 saturated heterocycles. The maximum atomic E-state index is 13.4. The largest absolute Gasteiger partial charge is 0.444 e. The summed E-state index contributed by atoms with van der Waals surface area (Å²) in [6, 6.07) is 5.95. The van der Waals surface area contributed by atoms with Crippen molar-refractivity contribution in [3.05, 3.63) is 35.3 Å². The maximum Gasteiger partial charge on any atom is 0.410 e. The van der Waals surface area contributed by atoms with Crippen LogP contribution in [0.3, 0.4) is 0 Å². The molecule has 0 radical (unpaired) electrons. The minimum absolute atomic E-state index is 0.00951. The third-order valence-corrected chi connectivity index (χ3v) is 6.45. The van der Waals surface area contributed by atoms with Crippen molar-refractivity contribution in [3.8, 4) is 10.6 Å². The molecule has 4 rings (SSSR count). The van der Waals surface area contributed by atoms with Crippen LogP contribution < -0.4 is 5.32 Å². The minimum atomic E-state index is -0.518. The van der Waals surface area contributed by atoms with Crippen LogP contribution in [-0.4, -0.2) is 56.4 Å². The summed E-state index contributed by atoms with van der Waals surface area (Å²) in [6.07, 6.45) is 2.79. The van der Waals surface area contributed by atoms with Crippen molar-refractivity contribution in [1.29, 1.82) is 0 Å². The third-order valence-electron chi connectivity index (χ3n) is 5.56. The minimum Gasteiger partial charge on any atom is -0.444 e. The first-order chi connectivity index (χ1) is 15.6. The van der Waals surface area contributed by atoms with Crippen LogP contribution >= 0.6 is 11.3 Å². The Bertz CT molecular complexity index is 1140. The molecule has 4 heterocycles. The van der Waals surface area contributed by atoms with Crippen LogP contribution in [-0.2, 0) is 4.74 Å². The fraction of sp³-hybridized carbons (Fsp3) is 0.500. The lowest BCUT2D eigenvalue weighted by Gasteiger charge is -2.33. The number of fused-ring (bicyclic) bond motifs is 1. The van der Waals surface area contributed by atoms with E-state index in [0.29, 0.717) is 37.1 Å². The maximum absolute atomic E-state index is 13.4. The van der Waals surface area contributed by atoms with Crippen molar-refractivity contribution in [2.45, 2.75) is 65.1 Å². The van der Waals surface area contributed by atoms with E-state index < -0.39 is 5.60 Å². The summed E-state index contributed by atoms with van der Waals surface area (Å²) in [6.45, 7) is 10.8. The molecule has 0 atom stereocenters. The molecule has 2 amide bonds. The zero-order chi connectivity index (χ0) is 23.8. The van der Waals surface area contributed by atoms with Gasteiger partial charge >= 0.3 is 6.09 Å². The first-order valence-electron chi connectivity index (χ1n) is 11.3. The van der Waals surface area contributed by atoms with E-state index >= 15 is 0 Å². The smallest absolute Gasteiger partial charge is 0.410 e. The molecule has 0 aromatic carbocycles. The van der Waals surface area contributed by atoms with Crippen LogP contribution in [0, 0.1) is 0 Å². The van der Waals surface area contributed by atoms with Gasteiger partial charge in [0.1, 0.15) is 5.60 Å². The highest BCUT2D eigenvalue weighted by atomic mass is 32.1. The van der Waals surface area contributed by atoms with Crippen LogP contribution in [0.5, 0.6) is 0 Å². The number of ether oxygens (including phenoxy) is 1. The second kappa shape index (κ2) is 9.13. The van der Waals surface area contributed by atoms with E-state index in [9.17, 15) is 9.59 Å². The molecule has 0 bridgehead atoms. The average molecular weight is 470 g/mol. The number of carbonyl (C=O) groups excluding carboxylic acids is 2. The van der Waals surface area contributed by atoms with E-state index in [2.05, 4.69) is 10.4 Å². The van der Waals surface area contributed by atoms with Crippen molar-refractivity contribution < 1.29 is 14.3 Å². The number of nitrogens with zero attached hydrogens (tertiary/aromatic N) is 4. The zero-order valence-electron chi connectivity index (χ0n) is 19.8. The summed E-state index contributed by atoms with van der Waals surface area (Å²) in [7, 11) is 0. The molecule has 3 aromatic heterocycles. The molecule has 1 N–H and O–H groups in total. The number of rotatable bonds is 4. The third kappa shape index (κ3) is 5.19. The van der Waals surface area contributed by atoms with Gasteiger partial charge in [-0.25, -0.2) is 14.5 Å². The highest BCUT2D eigenvalue weighted by Crippen LogP contribution is 2.29. The average Bonchev–Trinajstić information content (AvgIpc) is 3.42. The van der Waals surface area contributed by atoms with Gasteiger partial charge in [0.05, 0.1) is 27.7 Å². The molecule has 1 fully saturated rings. The van der Waals surface area contributed by atoms with Gasteiger partial charge in [0, 0.05) is 25.2 Å². The SMILES string of the molecule is CC(C)n1ncc2c(C(=O)NC3CCN(C(=O)OC(C)(C)C)CC3)cc(-c3cccs3)nc21. The number of carbonyl (C=O) groups is 2. The van der Waals surface area contributed by atoms with Crippen molar-refractivity contribution in [3.63, 3.8) is 0 Å². The Morgan fingerprint density at radius 1 is 1.24 bits per heavy atom. The van der Waals surface area contributed by atoms with E-state index in [1.54, 1.807) is 22.4 Å². The molecule has 8 nitrogen and oxygen atoms in total. The standard InChI is InChI=1S/C24H31N5O3S/c1-15(2)29-21-18(14-25-29)17(13-19(27-21)20-7-6-12-33-20)22(30)26-16-8-10-28(11-9-16)23(31)32-24(3,4)5/h6-7,12-16H,8-11H2,1-5H3,(H,26,30). The lowest BCUT2D eigenvalue weighted by molar-refractivity contribution is 0.0199. The van der Waals surface area contributed by atoms with Crippen LogP contribution in [0.1, 0.15) is 63.9 Å². The molecule has 1 aliphatic heterocycles. The van der Waals surface area contributed by atoms with Gasteiger partial charge < -0.3 is 15.0 Å². The number of aromatic nitrogens is 3. The summed E-state index contributed by atoms with van der Waals surface area (Å²) in [5.74, 6) is -0.140. The van der Waals surface area contributed by atoms with Crippen molar-refractivity contribution in [1.82, 2.24) is 25.0 Å². The van der Waals surface area contributed by atoms with Gasteiger partial charge in [-0.05, 0) is 65.0 Å². The van der Waals surface area contributed by atoms with Crippen molar-refractivity contribution in [2.75, 3.05) is 13.1 Å². The molecule has 0 unspecified atom stereocenters. The van der Waals surface area contributed by atoms with Crippen LogP contribution in [0.2, 0.25) is 0 Å². The molecule has 3 aromatic rings. The van der Waals surface area contributed by atoms with E-state index in [1.165, 1.54) is 0 Å². The Balaban J connectivity index is 1.52. The quantitative estimate of drug-likeness (QED) is 0.589. The van der Waals surface area contributed by atoms with Crippen LogP contribution in [0.15, 0.2) is 29.8 Å². The number of amides is 2. The first-order valence-corrected chi connectivity index (χ1v) is 12.2. The molecule has 0 spiro atoms. The van der Waals surface area contributed by atoms with Crippen molar-refractivity contribution >= 4 is 34.4 Å². The highest BCUT2D eigenvalue weighted by Gasteiger charge is 2.28. The predicted octanol–water partition coefficient (Wildman–Crippen LogP) is 4.87. The number of likely N-dealkylation sites (tertiary alicyclic amines) is 1. The summed E-state index contributed by atoms with van der Waals surface area (Å²) in [4.78, 5) is 33.2. The summed E-state index contributed by atoms with van der Waals surface area (Å²) < 4.78 is 7.32. The summed E-state index contributed by atoms with van der Waals surface area (Å²) >= 11 is 1.59. The molecular formula is C24H31N5O3S.